The topological polar surface area (TPSA) is 45.2 Å². The number of halogens is 2. The zero-order valence-electron chi connectivity index (χ0n) is 16.6. The third-order valence-electron chi connectivity index (χ3n) is 5.35. The van der Waals surface area contributed by atoms with E-state index in [9.17, 15) is 9.18 Å². The number of benzene rings is 1. The molecule has 1 aromatic carbocycles. The number of thiazole rings is 1. The molecule has 2 heterocycles. The standard InChI is InChI=1S/C21H27ClFN3OS/c1-13-8-9-16(23)17(18(13)22)21-25-15(3)19(28-21)20(27)24-10-6-12-26-11-5-4-7-14(26)2/h8-9,14H,4-7,10-12H2,1-3H3,(H,24,27). The van der Waals surface area contributed by atoms with Crippen LogP contribution in [0.25, 0.3) is 10.6 Å². The first-order valence-electron chi connectivity index (χ1n) is 9.83. The summed E-state index contributed by atoms with van der Waals surface area (Å²) in [4.78, 5) is 20.0. The molecule has 7 heteroatoms. The largest absolute Gasteiger partial charge is 0.351 e. The SMILES string of the molecule is Cc1ccc(F)c(-c2nc(C)c(C(=O)NCCCN3CCCCC3C)s2)c1Cl. The highest BCUT2D eigenvalue weighted by Gasteiger charge is 2.21. The Hall–Kier alpha value is -1.50. The van der Waals surface area contributed by atoms with Gasteiger partial charge in [0.15, 0.2) is 0 Å². The second-order valence-electron chi connectivity index (χ2n) is 7.48. The van der Waals surface area contributed by atoms with Crippen molar-refractivity contribution in [2.75, 3.05) is 19.6 Å². The van der Waals surface area contributed by atoms with Crippen LogP contribution in [-0.2, 0) is 0 Å². The van der Waals surface area contributed by atoms with Gasteiger partial charge in [0, 0.05) is 19.1 Å². The van der Waals surface area contributed by atoms with Crippen molar-refractivity contribution in [1.29, 1.82) is 0 Å². The predicted octanol–water partition coefficient (Wildman–Crippen LogP) is 5.21. The maximum absolute atomic E-state index is 14.3. The van der Waals surface area contributed by atoms with Gasteiger partial charge < -0.3 is 10.2 Å². The van der Waals surface area contributed by atoms with E-state index in [2.05, 4.69) is 22.1 Å². The van der Waals surface area contributed by atoms with Crippen LogP contribution in [0.1, 0.15) is 53.5 Å². The number of hydrogen-bond donors (Lipinski definition) is 1. The molecule has 28 heavy (non-hydrogen) atoms. The molecule has 0 radical (unpaired) electrons. The van der Waals surface area contributed by atoms with E-state index in [0.29, 0.717) is 33.2 Å². The fourth-order valence-corrected chi connectivity index (χ4v) is 4.96. The van der Waals surface area contributed by atoms with Crippen molar-refractivity contribution in [2.24, 2.45) is 0 Å². The molecule has 3 rings (SSSR count). The third-order valence-corrected chi connectivity index (χ3v) is 7.01. The molecule has 1 aromatic heterocycles. The van der Waals surface area contributed by atoms with Crippen molar-refractivity contribution in [2.45, 2.75) is 52.5 Å². The number of aryl methyl sites for hydroxylation is 2. The predicted molar refractivity (Wildman–Crippen MR) is 114 cm³/mol. The number of amides is 1. The lowest BCUT2D eigenvalue weighted by atomic mass is 10.0. The molecule has 1 fully saturated rings. The molecule has 4 nitrogen and oxygen atoms in total. The van der Waals surface area contributed by atoms with E-state index >= 15 is 0 Å². The summed E-state index contributed by atoms with van der Waals surface area (Å²) in [6, 6.07) is 3.65. The van der Waals surface area contributed by atoms with Gasteiger partial charge in [-0.15, -0.1) is 11.3 Å². The van der Waals surface area contributed by atoms with E-state index in [0.717, 1.165) is 25.1 Å². The Labute approximate surface area is 175 Å². The van der Waals surface area contributed by atoms with Crippen molar-refractivity contribution in [3.63, 3.8) is 0 Å². The summed E-state index contributed by atoms with van der Waals surface area (Å²) in [5, 5.41) is 3.76. The van der Waals surface area contributed by atoms with Gasteiger partial charge in [-0.25, -0.2) is 9.37 Å². The van der Waals surface area contributed by atoms with E-state index in [1.54, 1.807) is 13.0 Å². The average Bonchev–Trinajstić information content (AvgIpc) is 3.05. The lowest BCUT2D eigenvalue weighted by Gasteiger charge is -2.33. The third kappa shape index (κ3) is 4.73. The highest BCUT2D eigenvalue weighted by atomic mass is 35.5. The monoisotopic (exact) mass is 423 g/mol. The first-order valence-corrected chi connectivity index (χ1v) is 11.0. The second-order valence-corrected chi connectivity index (χ2v) is 8.85. The lowest BCUT2D eigenvalue weighted by molar-refractivity contribution is 0.0952. The quantitative estimate of drug-likeness (QED) is 0.648. The fourth-order valence-electron chi connectivity index (χ4n) is 3.62. The van der Waals surface area contributed by atoms with Crippen LogP contribution in [0.4, 0.5) is 4.39 Å². The smallest absolute Gasteiger partial charge is 0.263 e. The zero-order valence-corrected chi connectivity index (χ0v) is 18.2. The van der Waals surface area contributed by atoms with E-state index in [1.807, 2.05) is 6.92 Å². The number of carbonyl (C=O) groups excluding carboxylic acids is 1. The number of likely N-dealkylation sites (tertiary alicyclic amines) is 1. The maximum Gasteiger partial charge on any atom is 0.263 e. The summed E-state index contributed by atoms with van der Waals surface area (Å²) in [5.41, 5.74) is 1.65. The summed E-state index contributed by atoms with van der Waals surface area (Å²) >= 11 is 7.47. The molecule has 1 atom stereocenters. The van der Waals surface area contributed by atoms with E-state index in [4.69, 9.17) is 11.6 Å². The lowest BCUT2D eigenvalue weighted by Crippen LogP contribution is -2.39. The molecule has 1 amide bonds. The molecular weight excluding hydrogens is 397 g/mol. The molecule has 2 aromatic rings. The number of carbonyl (C=O) groups is 1. The Bertz CT molecular complexity index is 854. The van der Waals surface area contributed by atoms with Crippen molar-refractivity contribution in [3.05, 3.63) is 39.1 Å². The van der Waals surface area contributed by atoms with Crippen LogP contribution in [0.2, 0.25) is 5.02 Å². The molecule has 1 aliphatic rings. The van der Waals surface area contributed by atoms with Gasteiger partial charge in [0.2, 0.25) is 0 Å². The van der Waals surface area contributed by atoms with Gasteiger partial charge in [0.1, 0.15) is 15.7 Å². The van der Waals surface area contributed by atoms with Crippen molar-refractivity contribution in [3.8, 4) is 10.6 Å². The minimum atomic E-state index is -0.424. The molecule has 0 spiro atoms. The first-order chi connectivity index (χ1) is 13.4. The number of rotatable bonds is 6. The van der Waals surface area contributed by atoms with Gasteiger partial charge in [0.25, 0.3) is 5.91 Å². The molecule has 0 aliphatic carbocycles. The van der Waals surface area contributed by atoms with E-state index in [1.165, 1.54) is 36.7 Å². The number of hydrogen-bond acceptors (Lipinski definition) is 4. The van der Waals surface area contributed by atoms with Gasteiger partial charge in [-0.3, -0.25) is 4.79 Å². The normalized spacial score (nSPS) is 17.7. The summed E-state index contributed by atoms with van der Waals surface area (Å²) in [6.45, 7) is 8.63. The molecule has 0 bridgehead atoms. The Morgan fingerprint density at radius 2 is 2.18 bits per heavy atom. The second kappa shape index (κ2) is 9.33. The van der Waals surface area contributed by atoms with E-state index < -0.39 is 5.82 Å². The van der Waals surface area contributed by atoms with Crippen LogP contribution in [-0.4, -0.2) is 41.5 Å². The Morgan fingerprint density at radius 1 is 1.39 bits per heavy atom. The minimum absolute atomic E-state index is 0.155. The molecular formula is C21H27ClFN3OS. The average molecular weight is 424 g/mol. The van der Waals surface area contributed by atoms with Gasteiger partial charge in [-0.1, -0.05) is 24.1 Å². The van der Waals surface area contributed by atoms with Gasteiger partial charge in [0.05, 0.1) is 16.3 Å². The molecule has 1 saturated heterocycles. The Kier molecular flexibility index (Phi) is 7.07. The highest BCUT2D eigenvalue weighted by molar-refractivity contribution is 7.17. The zero-order chi connectivity index (χ0) is 20.3. The maximum atomic E-state index is 14.3. The van der Waals surface area contributed by atoms with Crippen molar-refractivity contribution < 1.29 is 9.18 Å². The number of aromatic nitrogens is 1. The minimum Gasteiger partial charge on any atom is -0.351 e. The van der Waals surface area contributed by atoms with Crippen LogP contribution in [0.3, 0.4) is 0 Å². The van der Waals surface area contributed by atoms with Crippen LogP contribution in [0, 0.1) is 19.7 Å². The van der Waals surface area contributed by atoms with Crippen LogP contribution in [0.15, 0.2) is 12.1 Å². The first kappa shape index (κ1) is 21.2. The van der Waals surface area contributed by atoms with Gasteiger partial charge >= 0.3 is 0 Å². The number of nitrogens with zero attached hydrogens (tertiary/aromatic N) is 2. The van der Waals surface area contributed by atoms with Crippen LogP contribution < -0.4 is 5.32 Å². The molecule has 1 N–H and O–H groups in total. The van der Waals surface area contributed by atoms with Crippen LogP contribution >= 0.6 is 22.9 Å². The summed E-state index contributed by atoms with van der Waals surface area (Å²) in [7, 11) is 0. The molecule has 1 aliphatic heterocycles. The van der Waals surface area contributed by atoms with Crippen molar-refractivity contribution >= 4 is 28.8 Å². The Morgan fingerprint density at radius 3 is 2.93 bits per heavy atom. The fraction of sp³-hybridized carbons (Fsp3) is 0.524. The van der Waals surface area contributed by atoms with E-state index in [-0.39, 0.29) is 11.5 Å². The Balaban J connectivity index is 1.62. The summed E-state index contributed by atoms with van der Waals surface area (Å²) in [6.07, 6.45) is 4.75. The highest BCUT2D eigenvalue weighted by Crippen LogP contribution is 2.36. The van der Waals surface area contributed by atoms with Crippen LogP contribution in [0.5, 0.6) is 0 Å². The summed E-state index contributed by atoms with van der Waals surface area (Å²) in [5.74, 6) is -0.580. The molecule has 0 saturated carbocycles. The molecule has 152 valence electrons. The molecule has 1 unspecified atom stereocenters. The summed E-state index contributed by atoms with van der Waals surface area (Å²) < 4.78 is 14.3. The number of piperidine rings is 1. The van der Waals surface area contributed by atoms with Crippen molar-refractivity contribution in [1.82, 2.24) is 15.2 Å². The van der Waals surface area contributed by atoms with Gasteiger partial charge in [-0.05, 0) is 58.2 Å². The van der Waals surface area contributed by atoms with Gasteiger partial charge in [-0.2, -0.15) is 0 Å². The number of nitrogens with one attached hydrogen (secondary N) is 1.